The van der Waals surface area contributed by atoms with Gasteiger partial charge in [0, 0.05) is 44.0 Å². The summed E-state index contributed by atoms with van der Waals surface area (Å²) in [6.07, 6.45) is 0. The van der Waals surface area contributed by atoms with Gasteiger partial charge < -0.3 is 9.13 Å². The molecule has 0 spiro atoms. The number of hydrogen-bond donors (Lipinski definition) is 0. The first-order chi connectivity index (χ1) is 20.8. The molecular formula is C38H22N4. The molecule has 0 saturated carbocycles. The SMILES string of the molecule is [C-]#[N+]c1cccc(C#N)c1-c1cccc2c1c1ccccc1n2-c1ccc(-n2c3ccccc3c3ccccc32)cc1. The molecule has 0 amide bonds. The normalized spacial score (nSPS) is 11.3. The van der Waals surface area contributed by atoms with E-state index in [-0.39, 0.29) is 0 Å². The number of aromatic nitrogens is 2. The molecule has 0 unspecified atom stereocenters. The van der Waals surface area contributed by atoms with Gasteiger partial charge in [-0.1, -0.05) is 78.9 Å². The third-order valence-corrected chi connectivity index (χ3v) is 8.20. The van der Waals surface area contributed by atoms with E-state index < -0.39 is 0 Å². The zero-order valence-corrected chi connectivity index (χ0v) is 22.5. The van der Waals surface area contributed by atoms with Crippen LogP contribution in [0.1, 0.15) is 5.56 Å². The van der Waals surface area contributed by atoms with Crippen LogP contribution in [0.25, 0.3) is 71.0 Å². The maximum Gasteiger partial charge on any atom is 0.196 e. The van der Waals surface area contributed by atoms with Crippen molar-refractivity contribution in [3.8, 4) is 28.6 Å². The van der Waals surface area contributed by atoms with Crippen LogP contribution in [0.2, 0.25) is 0 Å². The fourth-order valence-electron chi connectivity index (χ4n) is 6.47. The first-order valence-electron chi connectivity index (χ1n) is 13.8. The second-order valence-electron chi connectivity index (χ2n) is 10.4. The minimum Gasteiger partial charge on any atom is -0.309 e. The highest BCUT2D eigenvalue weighted by Crippen LogP contribution is 2.43. The van der Waals surface area contributed by atoms with Crippen molar-refractivity contribution in [2.24, 2.45) is 0 Å². The predicted molar refractivity (Wildman–Crippen MR) is 172 cm³/mol. The van der Waals surface area contributed by atoms with E-state index in [0.29, 0.717) is 16.8 Å². The van der Waals surface area contributed by atoms with E-state index in [1.165, 1.54) is 21.8 Å². The topological polar surface area (TPSA) is 38.0 Å². The molecule has 0 radical (unpaired) electrons. The Balaban J connectivity index is 1.37. The molecule has 0 N–H and O–H groups in total. The monoisotopic (exact) mass is 534 g/mol. The standard InChI is InChI=1S/C38H22N4/c1-40-32-15-8-10-25(24-39)37(32)31-14-9-19-36-38(31)30-13-4-7-18-35(30)42(36)27-22-20-26(21-23-27)41-33-16-5-2-11-28(33)29-12-3-6-17-34(29)41/h2-23H. The van der Waals surface area contributed by atoms with E-state index in [0.717, 1.165) is 38.7 Å². The van der Waals surface area contributed by atoms with Gasteiger partial charge in [-0.25, -0.2) is 4.85 Å². The number of para-hydroxylation sites is 3. The third-order valence-electron chi connectivity index (χ3n) is 8.20. The third kappa shape index (κ3) is 3.33. The van der Waals surface area contributed by atoms with Gasteiger partial charge in [-0.15, -0.1) is 0 Å². The Bertz CT molecular complexity index is 2340. The molecule has 194 valence electrons. The highest BCUT2D eigenvalue weighted by Gasteiger charge is 2.20. The van der Waals surface area contributed by atoms with Crippen LogP contribution in [0, 0.1) is 17.9 Å². The summed E-state index contributed by atoms with van der Waals surface area (Å²) < 4.78 is 4.60. The van der Waals surface area contributed by atoms with Crippen LogP contribution in [-0.4, -0.2) is 9.13 Å². The molecule has 0 saturated heterocycles. The van der Waals surface area contributed by atoms with Crippen molar-refractivity contribution in [1.82, 2.24) is 9.13 Å². The van der Waals surface area contributed by atoms with Crippen LogP contribution < -0.4 is 0 Å². The Morgan fingerprint density at radius 3 is 1.62 bits per heavy atom. The van der Waals surface area contributed by atoms with Crippen molar-refractivity contribution >= 4 is 49.3 Å². The molecule has 8 rings (SSSR count). The Kier molecular flexibility index (Phi) is 5.22. The number of rotatable bonds is 3. The number of fused-ring (bicyclic) bond motifs is 6. The second kappa shape index (κ2) is 9.24. The summed E-state index contributed by atoms with van der Waals surface area (Å²) >= 11 is 0. The van der Waals surface area contributed by atoms with E-state index in [1.54, 1.807) is 18.2 Å². The highest BCUT2D eigenvalue weighted by atomic mass is 15.0. The molecule has 2 aromatic heterocycles. The molecule has 42 heavy (non-hydrogen) atoms. The van der Waals surface area contributed by atoms with Crippen LogP contribution in [0.5, 0.6) is 0 Å². The molecule has 0 aliphatic rings. The van der Waals surface area contributed by atoms with Gasteiger partial charge in [0.05, 0.1) is 34.7 Å². The molecule has 8 aromatic rings. The van der Waals surface area contributed by atoms with Crippen LogP contribution >= 0.6 is 0 Å². The van der Waals surface area contributed by atoms with Crippen molar-refractivity contribution in [1.29, 1.82) is 5.26 Å². The summed E-state index contributed by atoms with van der Waals surface area (Å²) in [7, 11) is 0. The minimum absolute atomic E-state index is 0.480. The van der Waals surface area contributed by atoms with Crippen molar-refractivity contribution in [2.45, 2.75) is 0 Å². The molecule has 0 atom stereocenters. The van der Waals surface area contributed by atoms with E-state index >= 15 is 0 Å². The maximum absolute atomic E-state index is 9.94. The lowest BCUT2D eigenvalue weighted by Gasteiger charge is -2.12. The Hall–Kier alpha value is -6.10. The molecule has 0 bridgehead atoms. The Labute approximate surface area is 242 Å². The van der Waals surface area contributed by atoms with E-state index in [1.807, 2.05) is 18.2 Å². The molecule has 4 nitrogen and oxygen atoms in total. The van der Waals surface area contributed by atoms with E-state index in [9.17, 15) is 5.26 Å². The van der Waals surface area contributed by atoms with Gasteiger partial charge in [0.25, 0.3) is 0 Å². The molecule has 0 fully saturated rings. The summed E-state index contributed by atoms with van der Waals surface area (Å²) in [4.78, 5) is 3.77. The van der Waals surface area contributed by atoms with Gasteiger partial charge in [-0.05, 0) is 60.2 Å². The fraction of sp³-hybridized carbons (Fsp3) is 0. The summed E-state index contributed by atoms with van der Waals surface area (Å²) in [6, 6.07) is 47.9. The zero-order valence-electron chi connectivity index (χ0n) is 22.5. The van der Waals surface area contributed by atoms with Crippen molar-refractivity contribution in [3.05, 3.63) is 150 Å². The van der Waals surface area contributed by atoms with Gasteiger partial charge >= 0.3 is 0 Å². The average Bonchev–Trinajstić information content (AvgIpc) is 3.58. The lowest BCUT2D eigenvalue weighted by atomic mass is 9.94. The van der Waals surface area contributed by atoms with Gasteiger partial charge in [-0.2, -0.15) is 5.26 Å². The molecule has 0 aliphatic heterocycles. The molecule has 0 aliphatic carbocycles. The van der Waals surface area contributed by atoms with Crippen molar-refractivity contribution in [3.63, 3.8) is 0 Å². The summed E-state index contributed by atoms with van der Waals surface area (Å²) in [6.45, 7) is 7.80. The number of hydrogen-bond acceptors (Lipinski definition) is 1. The van der Waals surface area contributed by atoms with Gasteiger partial charge in [0.2, 0.25) is 0 Å². The van der Waals surface area contributed by atoms with Crippen LogP contribution in [-0.2, 0) is 0 Å². The van der Waals surface area contributed by atoms with Gasteiger partial charge in [0.1, 0.15) is 0 Å². The molecular weight excluding hydrogens is 512 g/mol. The number of nitriles is 1. The summed E-state index contributed by atoms with van der Waals surface area (Å²) in [5.74, 6) is 0. The first-order valence-corrected chi connectivity index (χ1v) is 13.8. The molecule has 4 heteroatoms. The Morgan fingerprint density at radius 1 is 0.524 bits per heavy atom. The number of nitrogens with zero attached hydrogens (tertiary/aromatic N) is 4. The summed E-state index contributed by atoms with van der Waals surface area (Å²) in [5.41, 5.74) is 9.17. The van der Waals surface area contributed by atoms with Crippen LogP contribution in [0.15, 0.2) is 133 Å². The predicted octanol–water partition coefficient (Wildman–Crippen LogP) is 9.97. The highest BCUT2D eigenvalue weighted by molar-refractivity contribution is 6.17. The average molecular weight is 535 g/mol. The Morgan fingerprint density at radius 2 is 1.02 bits per heavy atom. The van der Waals surface area contributed by atoms with Gasteiger partial charge in [-0.3, -0.25) is 0 Å². The lowest BCUT2D eigenvalue weighted by Crippen LogP contribution is -1.97. The van der Waals surface area contributed by atoms with Crippen LogP contribution in [0.3, 0.4) is 0 Å². The quantitative estimate of drug-likeness (QED) is 0.208. The maximum atomic E-state index is 9.94. The molecule has 6 aromatic carbocycles. The number of benzene rings is 6. The summed E-state index contributed by atoms with van der Waals surface area (Å²) in [5, 5.41) is 14.5. The zero-order chi connectivity index (χ0) is 28.2. The van der Waals surface area contributed by atoms with Gasteiger partial charge in [0.15, 0.2) is 5.69 Å². The minimum atomic E-state index is 0.480. The van der Waals surface area contributed by atoms with E-state index in [4.69, 9.17) is 6.57 Å². The smallest absolute Gasteiger partial charge is 0.196 e. The molecule has 2 heterocycles. The van der Waals surface area contributed by atoms with E-state index in [2.05, 4.69) is 117 Å². The largest absolute Gasteiger partial charge is 0.309 e. The fourth-order valence-corrected chi connectivity index (χ4v) is 6.47. The van der Waals surface area contributed by atoms with Crippen LogP contribution in [0.4, 0.5) is 5.69 Å². The first kappa shape index (κ1) is 23.8. The lowest BCUT2D eigenvalue weighted by molar-refractivity contribution is 1.14. The van der Waals surface area contributed by atoms with Crippen molar-refractivity contribution in [2.75, 3.05) is 0 Å². The van der Waals surface area contributed by atoms with Crippen molar-refractivity contribution < 1.29 is 0 Å². The second-order valence-corrected chi connectivity index (χ2v) is 10.4.